The van der Waals surface area contributed by atoms with E-state index in [0.29, 0.717) is 18.2 Å². The summed E-state index contributed by atoms with van der Waals surface area (Å²) in [7, 11) is 0. The summed E-state index contributed by atoms with van der Waals surface area (Å²) in [5, 5.41) is 2.84. The highest BCUT2D eigenvalue weighted by molar-refractivity contribution is 6.28. The van der Waals surface area contributed by atoms with Gasteiger partial charge in [0, 0.05) is 12.6 Å². The number of hydrogen-bond acceptors (Lipinski definition) is 3. The van der Waals surface area contributed by atoms with E-state index in [-0.39, 0.29) is 11.2 Å². The summed E-state index contributed by atoms with van der Waals surface area (Å²) in [6.45, 7) is 0. The second-order valence-corrected chi connectivity index (χ2v) is 4.07. The van der Waals surface area contributed by atoms with Crippen LogP contribution in [0, 0.1) is 5.92 Å². The standard InChI is InChI=1S/C11H12ClN3O/c12-11-13-6-5-9(15-11)14-10(16)7-8-3-1-2-4-8/h1,3,5-6,8H,2,4,7H2,(H,13,14,15,16). The van der Waals surface area contributed by atoms with Crippen molar-refractivity contribution < 1.29 is 4.79 Å². The second kappa shape index (κ2) is 5.07. The van der Waals surface area contributed by atoms with Gasteiger partial charge in [0.1, 0.15) is 5.82 Å². The average Bonchev–Trinajstić information content (AvgIpc) is 2.70. The molecule has 1 aliphatic carbocycles. The minimum atomic E-state index is -0.0358. The van der Waals surface area contributed by atoms with E-state index < -0.39 is 0 Å². The molecule has 1 aromatic heterocycles. The molecule has 16 heavy (non-hydrogen) atoms. The molecule has 0 radical (unpaired) electrons. The highest BCUT2D eigenvalue weighted by Gasteiger charge is 2.14. The number of aromatic nitrogens is 2. The van der Waals surface area contributed by atoms with Crippen molar-refractivity contribution in [1.82, 2.24) is 9.97 Å². The van der Waals surface area contributed by atoms with Crippen molar-refractivity contribution in [2.45, 2.75) is 19.3 Å². The normalized spacial score (nSPS) is 18.7. The zero-order valence-corrected chi connectivity index (χ0v) is 9.44. The van der Waals surface area contributed by atoms with Gasteiger partial charge in [-0.25, -0.2) is 9.97 Å². The van der Waals surface area contributed by atoms with Crippen LogP contribution in [0.2, 0.25) is 5.28 Å². The van der Waals surface area contributed by atoms with Crippen molar-refractivity contribution >= 4 is 23.3 Å². The molecule has 1 aromatic rings. The summed E-state index contributed by atoms with van der Waals surface area (Å²) in [5.74, 6) is 0.774. The molecular formula is C11H12ClN3O. The molecule has 1 N–H and O–H groups in total. The van der Waals surface area contributed by atoms with E-state index in [1.807, 2.05) is 0 Å². The third kappa shape index (κ3) is 3.03. The predicted molar refractivity (Wildman–Crippen MR) is 62.2 cm³/mol. The predicted octanol–water partition coefficient (Wildman–Crippen LogP) is 2.42. The first-order chi connectivity index (χ1) is 7.74. The molecule has 0 spiro atoms. The Bertz CT molecular complexity index is 419. The largest absolute Gasteiger partial charge is 0.311 e. The number of halogens is 1. The molecule has 1 aliphatic rings. The van der Waals surface area contributed by atoms with Crippen molar-refractivity contribution in [3.05, 3.63) is 29.7 Å². The Balaban J connectivity index is 1.89. The molecule has 1 heterocycles. The first-order valence-electron chi connectivity index (χ1n) is 5.19. The number of carbonyl (C=O) groups is 1. The van der Waals surface area contributed by atoms with Crippen molar-refractivity contribution in [2.24, 2.45) is 5.92 Å². The van der Waals surface area contributed by atoms with Gasteiger partial charge in [0.15, 0.2) is 0 Å². The molecule has 0 fully saturated rings. The fourth-order valence-corrected chi connectivity index (χ4v) is 1.85. The first-order valence-corrected chi connectivity index (χ1v) is 5.57. The van der Waals surface area contributed by atoms with Gasteiger partial charge in [-0.2, -0.15) is 0 Å². The maximum absolute atomic E-state index is 11.6. The van der Waals surface area contributed by atoms with Crippen molar-refractivity contribution in [3.63, 3.8) is 0 Å². The van der Waals surface area contributed by atoms with Crippen molar-refractivity contribution in [3.8, 4) is 0 Å². The molecule has 0 bridgehead atoms. The number of rotatable bonds is 3. The van der Waals surface area contributed by atoms with Gasteiger partial charge in [0.25, 0.3) is 0 Å². The van der Waals surface area contributed by atoms with Crippen LogP contribution in [0.25, 0.3) is 0 Å². The van der Waals surface area contributed by atoms with E-state index in [0.717, 1.165) is 12.8 Å². The molecule has 0 saturated heterocycles. The Hall–Kier alpha value is -1.42. The Labute approximate surface area is 98.7 Å². The lowest BCUT2D eigenvalue weighted by Crippen LogP contribution is -2.15. The summed E-state index contributed by atoms with van der Waals surface area (Å²) in [6, 6.07) is 1.62. The van der Waals surface area contributed by atoms with Crippen LogP contribution in [0.15, 0.2) is 24.4 Å². The topological polar surface area (TPSA) is 54.9 Å². The third-order valence-electron chi connectivity index (χ3n) is 2.45. The lowest BCUT2D eigenvalue weighted by molar-refractivity contribution is -0.116. The number of amides is 1. The van der Waals surface area contributed by atoms with Crippen LogP contribution in [0.4, 0.5) is 5.82 Å². The van der Waals surface area contributed by atoms with Crippen LogP contribution < -0.4 is 5.32 Å². The molecule has 0 aromatic carbocycles. The summed E-state index contributed by atoms with van der Waals surface area (Å²) in [5.41, 5.74) is 0. The number of nitrogens with one attached hydrogen (secondary N) is 1. The number of hydrogen-bond donors (Lipinski definition) is 1. The van der Waals surface area contributed by atoms with E-state index in [9.17, 15) is 4.79 Å². The van der Waals surface area contributed by atoms with Crippen LogP contribution in [-0.4, -0.2) is 15.9 Å². The lowest BCUT2D eigenvalue weighted by Gasteiger charge is -2.07. The van der Waals surface area contributed by atoms with E-state index in [1.165, 1.54) is 6.20 Å². The average molecular weight is 238 g/mol. The van der Waals surface area contributed by atoms with Crippen molar-refractivity contribution in [1.29, 1.82) is 0 Å². The number of nitrogens with zero attached hydrogens (tertiary/aromatic N) is 2. The highest BCUT2D eigenvalue weighted by Crippen LogP contribution is 2.20. The number of carbonyl (C=O) groups excluding carboxylic acids is 1. The van der Waals surface area contributed by atoms with Crippen LogP contribution in [0.5, 0.6) is 0 Å². The van der Waals surface area contributed by atoms with Gasteiger partial charge in [-0.3, -0.25) is 4.79 Å². The molecule has 84 valence electrons. The van der Waals surface area contributed by atoms with Crippen LogP contribution >= 0.6 is 11.6 Å². The van der Waals surface area contributed by atoms with Crippen LogP contribution in [0.1, 0.15) is 19.3 Å². The quantitative estimate of drug-likeness (QED) is 0.649. The number of anilines is 1. The van der Waals surface area contributed by atoms with Crippen LogP contribution in [-0.2, 0) is 4.79 Å². The van der Waals surface area contributed by atoms with Gasteiger partial charge in [0.2, 0.25) is 11.2 Å². The zero-order valence-electron chi connectivity index (χ0n) is 8.69. The monoisotopic (exact) mass is 237 g/mol. The van der Waals surface area contributed by atoms with Gasteiger partial charge in [-0.1, -0.05) is 12.2 Å². The Morgan fingerprint density at radius 1 is 1.62 bits per heavy atom. The summed E-state index contributed by atoms with van der Waals surface area (Å²) < 4.78 is 0. The number of allylic oxidation sites excluding steroid dienone is 2. The molecular weight excluding hydrogens is 226 g/mol. The zero-order chi connectivity index (χ0) is 11.4. The lowest BCUT2D eigenvalue weighted by atomic mass is 10.1. The summed E-state index contributed by atoms with van der Waals surface area (Å²) in [6.07, 6.45) is 8.33. The maximum atomic E-state index is 11.6. The molecule has 0 aliphatic heterocycles. The Kier molecular flexibility index (Phi) is 3.51. The van der Waals surface area contributed by atoms with E-state index in [4.69, 9.17) is 11.6 Å². The Morgan fingerprint density at radius 2 is 2.50 bits per heavy atom. The first kappa shape index (κ1) is 11.1. The minimum absolute atomic E-state index is 0.0358. The van der Waals surface area contributed by atoms with Gasteiger partial charge >= 0.3 is 0 Å². The fourth-order valence-electron chi connectivity index (χ4n) is 1.70. The van der Waals surface area contributed by atoms with Gasteiger partial charge in [0.05, 0.1) is 0 Å². The fraction of sp³-hybridized carbons (Fsp3) is 0.364. The molecule has 4 nitrogen and oxygen atoms in total. The van der Waals surface area contributed by atoms with Gasteiger partial charge < -0.3 is 5.32 Å². The van der Waals surface area contributed by atoms with E-state index in [2.05, 4.69) is 27.4 Å². The molecule has 1 atom stereocenters. The maximum Gasteiger partial charge on any atom is 0.226 e. The second-order valence-electron chi connectivity index (χ2n) is 3.73. The molecule has 2 rings (SSSR count). The van der Waals surface area contributed by atoms with Gasteiger partial charge in [-0.15, -0.1) is 0 Å². The summed E-state index contributed by atoms with van der Waals surface area (Å²) in [4.78, 5) is 19.3. The summed E-state index contributed by atoms with van der Waals surface area (Å²) >= 11 is 5.61. The smallest absolute Gasteiger partial charge is 0.226 e. The molecule has 1 amide bonds. The van der Waals surface area contributed by atoms with Gasteiger partial charge in [-0.05, 0) is 36.4 Å². The van der Waals surface area contributed by atoms with E-state index in [1.54, 1.807) is 6.07 Å². The molecule has 5 heteroatoms. The van der Waals surface area contributed by atoms with Crippen LogP contribution in [0.3, 0.4) is 0 Å². The van der Waals surface area contributed by atoms with E-state index >= 15 is 0 Å². The Morgan fingerprint density at radius 3 is 3.19 bits per heavy atom. The molecule has 1 unspecified atom stereocenters. The highest BCUT2D eigenvalue weighted by atomic mass is 35.5. The van der Waals surface area contributed by atoms with Crippen molar-refractivity contribution in [2.75, 3.05) is 5.32 Å². The minimum Gasteiger partial charge on any atom is -0.311 e. The molecule has 0 saturated carbocycles. The SMILES string of the molecule is O=C(CC1C=CCC1)Nc1ccnc(Cl)n1. The third-order valence-corrected chi connectivity index (χ3v) is 2.64.